The van der Waals surface area contributed by atoms with Gasteiger partial charge in [0.1, 0.15) is 11.3 Å². The van der Waals surface area contributed by atoms with Crippen molar-refractivity contribution in [1.29, 1.82) is 0 Å². The number of fused-ring (bicyclic) bond motifs is 1. The van der Waals surface area contributed by atoms with Crippen molar-refractivity contribution in [2.24, 2.45) is 0 Å². The third kappa shape index (κ3) is 2.09. The number of hydrogen-bond donors (Lipinski definition) is 1. The molecule has 2 aromatic carbocycles. The molecule has 0 aliphatic rings. The van der Waals surface area contributed by atoms with Crippen molar-refractivity contribution in [2.45, 2.75) is 0 Å². The molecular weight excluding hydrogens is 258 g/mol. The lowest BCUT2D eigenvalue weighted by molar-refractivity contribution is 0.0697. The molecule has 0 fully saturated rings. The Hall–Kier alpha value is -2.82. The summed E-state index contributed by atoms with van der Waals surface area (Å²) in [6.45, 7) is 0. The Balaban J connectivity index is 2.10. The van der Waals surface area contributed by atoms with E-state index >= 15 is 0 Å². The molecule has 20 heavy (non-hydrogen) atoms. The molecule has 0 spiro atoms. The predicted octanol–water partition coefficient (Wildman–Crippen LogP) is 3.20. The summed E-state index contributed by atoms with van der Waals surface area (Å²) in [7, 11) is 1.59. The summed E-state index contributed by atoms with van der Waals surface area (Å²) in [6.07, 6.45) is 0. The van der Waals surface area contributed by atoms with Crippen LogP contribution >= 0.6 is 0 Å². The van der Waals surface area contributed by atoms with E-state index in [-0.39, 0.29) is 5.56 Å². The summed E-state index contributed by atoms with van der Waals surface area (Å²) in [5.41, 5.74) is 2.01. The second-order valence-electron chi connectivity index (χ2n) is 4.24. The predicted molar refractivity (Wildman–Crippen MR) is 73.0 cm³/mol. The Morgan fingerprint density at radius 3 is 2.85 bits per heavy atom. The lowest BCUT2D eigenvalue weighted by Gasteiger charge is -2.00. The fourth-order valence-corrected chi connectivity index (χ4v) is 1.94. The average Bonchev–Trinajstić information content (AvgIpc) is 2.90. The van der Waals surface area contributed by atoms with E-state index in [1.165, 1.54) is 12.1 Å². The highest BCUT2D eigenvalue weighted by Gasteiger charge is 2.11. The molecule has 0 unspecified atom stereocenters. The van der Waals surface area contributed by atoms with E-state index in [2.05, 4.69) is 4.98 Å². The minimum Gasteiger partial charge on any atom is -0.497 e. The van der Waals surface area contributed by atoms with Crippen molar-refractivity contribution in [3.63, 3.8) is 0 Å². The van der Waals surface area contributed by atoms with Gasteiger partial charge in [0.15, 0.2) is 5.58 Å². The smallest absolute Gasteiger partial charge is 0.335 e. The van der Waals surface area contributed by atoms with Crippen molar-refractivity contribution in [3.8, 4) is 17.2 Å². The van der Waals surface area contributed by atoms with Gasteiger partial charge in [0, 0.05) is 5.56 Å². The van der Waals surface area contributed by atoms with Crippen LogP contribution in [0.3, 0.4) is 0 Å². The van der Waals surface area contributed by atoms with Crippen LogP contribution in [0.25, 0.3) is 22.6 Å². The van der Waals surface area contributed by atoms with Crippen LogP contribution in [0.2, 0.25) is 0 Å². The highest BCUT2D eigenvalue weighted by Crippen LogP contribution is 2.27. The van der Waals surface area contributed by atoms with Gasteiger partial charge < -0.3 is 14.3 Å². The fraction of sp³-hybridized carbons (Fsp3) is 0.0667. The zero-order chi connectivity index (χ0) is 14.1. The molecule has 1 N–H and O–H groups in total. The largest absolute Gasteiger partial charge is 0.497 e. The van der Waals surface area contributed by atoms with Gasteiger partial charge in [-0.05, 0) is 36.4 Å². The van der Waals surface area contributed by atoms with Gasteiger partial charge in [0.25, 0.3) is 0 Å². The second kappa shape index (κ2) is 4.70. The van der Waals surface area contributed by atoms with E-state index < -0.39 is 5.97 Å². The maximum atomic E-state index is 10.9. The average molecular weight is 269 g/mol. The number of benzene rings is 2. The number of nitrogens with zero attached hydrogens (tertiary/aromatic N) is 1. The molecule has 3 rings (SSSR count). The highest BCUT2D eigenvalue weighted by atomic mass is 16.5. The van der Waals surface area contributed by atoms with Gasteiger partial charge in [-0.15, -0.1) is 0 Å². The van der Waals surface area contributed by atoms with Crippen LogP contribution in [-0.2, 0) is 0 Å². The lowest BCUT2D eigenvalue weighted by Crippen LogP contribution is -1.94. The van der Waals surface area contributed by atoms with Crippen molar-refractivity contribution in [2.75, 3.05) is 7.11 Å². The molecule has 0 aliphatic heterocycles. The van der Waals surface area contributed by atoms with Crippen LogP contribution in [0, 0.1) is 0 Å². The van der Waals surface area contributed by atoms with E-state index in [0.717, 1.165) is 5.56 Å². The van der Waals surface area contributed by atoms with Gasteiger partial charge in [0.2, 0.25) is 5.89 Å². The molecule has 1 aromatic heterocycles. The van der Waals surface area contributed by atoms with E-state index in [0.29, 0.717) is 22.7 Å². The second-order valence-corrected chi connectivity index (χ2v) is 4.24. The van der Waals surface area contributed by atoms with Gasteiger partial charge >= 0.3 is 5.97 Å². The van der Waals surface area contributed by atoms with Gasteiger partial charge in [-0.2, -0.15) is 0 Å². The normalized spacial score (nSPS) is 10.7. The fourth-order valence-electron chi connectivity index (χ4n) is 1.94. The van der Waals surface area contributed by atoms with E-state index in [1.807, 2.05) is 24.3 Å². The topological polar surface area (TPSA) is 72.6 Å². The molecule has 100 valence electrons. The summed E-state index contributed by atoms with van der Waals surface area (Å²) in [5.74, 6) is 0.142. The molecule has 0 saturated heterocycles. The summed E-state index contributed by atoms with van der Waals surface area (Å²) < 4.78 is 10.8. The first-order valence-electron chi connectivity index (χ1n) is 5.95. The number of aromatic carboxylic acids is 1. The minimum atomic E-state index is -0.994. The van der Waals surface area contributed by atoms with E-state index in [9.17, 15) is 4.79 Å². The molecule has 0 bridgehead atoms. The molecule has 0 radical (unpaired) electrons. The maximum absolute atomic E-state index is 10.9. The molecule has 0 aliphatic carbocycles. The third-order valence-electron chi connectivity index (χ3n) is 2.95. The molecule has 5 heteroatoms. The number of methoxy groups -OCH3 is 1. The number of carbonyl (C=O) groups is 1. The summed E-state index contributed by atoms with van der Waals surface area (Å²) in [5, 5.41) is 8.96. The molecule has 1 heterocycles. The molecule has 3 aromatic rings. The summed E-state index contributed by atoms with van der Waals surface area (Å²) >= 11 is 0. The molecule has 0 amide bonds. The van der Waals surface area contributed by atoms with Gasteiger partial charge in [-0.1, -0.05) is 6.07 Å². The van der Waals surface area contributed by atoms with Crippen LogP contribution in [0.4, 0.5) is 0 Å². The lowest BCUT2D eigenvalue weighted by atomic mass is 10.2. The Bertz CT molecular complexity index is 791. The molecular formula is C15H11NO4. The van der Waals surface area contributed by atoms with Crippen LogP contribution < -0.4 is 4.74 Å². The first kappa shape index (κ1) is 12.2. The summed E-state index contributed by atoms with van der Waals surface area (Å²) in [6, 6.07) is 11.9. The summed E-state index contributed by atoms with van der Waals surface area (Å²) in [4.78, 5) is 15.3. The van der Waals surface area contributed by atoms with Gasteiger partial charge in [-0.25, -0.2) is 9.78 Å². The molecule has 0 atom stereocenters. The Morgan fingerprint density at radius 2 is 2.10 bits per heavy atom. The number of aromatic nitrogens is 1. The quantitative estimate of drug-likeness (QED) is 0.790. The van der Waals surface area contributed by atoms with Crippen LogP contribution in [-0.4, -0.2) is 23.2 Å². The maximum Gasteiger partial charge on any atom is 0.335 e. The first-order chi connectivity index (χ1) is 9.67. The third-order valence-corrected chi connectivity index (χ3v) is 2.95. The zero-order valence-corrected chi connectivity index (χ0v) is 10.7. The Morgan fingerprint density at radius 1 is 1.25 bits per heavy atom. The van der Waals surface area contributed by atoms with Crippen LogP contribution in [0.1, 0.15) is 10.4 Å². The standard InChI is InChI=1S/C15H11NO4/c1-19-11-4-2-3-9(7-11)14-16-12-6-5-10(15(17)18)8-13(12)20-14/h2-8H,1H3,(H,17,18). The minimum absolute atomic E-state index is 0.172. The molecule has 5 nitrogen and oxygen atoms in total. The number of oxazole rings is 1. The van der Waals surface area contributed by atoms with E-state index in [4.69, 9.17) is 14.3 Å². The number of rotatable bonds is 3. The highest BCUT2D eigenvalue weighted by molar-refractivity contribution is 5.92. The van der Waals surface area contributed by atoms with Crippen LogP contribution in [0.5, 0.6) is 5.75 Å². The Kier molecular flexibility index (Phi) is 2.87. The number of hydrogen-bond acceptors (Lipinski definition) is 4. The van der Waals surface area contributed by atoms with Crippen molar-refractivity contribution >= 4 is 17.1 Å². The Labute approximate surface area is 114 Å². The van der Waals surface area contributed by atoms with Gasteiger partial charge in [0.05, 0.1) is 12.7 Å². The first-order valence-corrected chi connectivity index (χ1v) is 5.95. The monoisotopic (exact) mass is 269 g/mol. The zero-order valence-electron chi connectivity index (χ0n) is 10.7. The SMILES string of the molecule is COc1cccc(-c2nc3ccc(C(=O)O)cc3o2)c1. The number of carboxylic acid groups (broad SMARTS) is 1. The van der Waals surface area contributed by atoms with Crippen molar-refractivity contribution in [3.05, 3.63) is 48.0 Å². The van der Waals surface area contributed by atoms with Crippen LogP contribution in [0.15, 0.2) is 46.9 Å². The molecule has 0 saturated carbocycles. The number of ether oxygens (including phenoxy) is 1. The van der Waals surface area contributed by atoms with Crippen molar-refractivity contribution in [1.82, 2.24) is 4.98 Å². The van der Waals surface area contributed by atoms with Gasteiger partial charge in [-0.3, -0.25) is 0 Å². The van der Waals surface area contributed by atoms with Crippen molar-refractivity contribution < 1.29 is 19.1 Å². The number of carboxylic acids is 1. The van der Waals surface area contributed by atoms with E-state index in [1.54, 1.807) is 13.2 Å².